The highest BCUT2D eigenvalue weighted by molar-refractivity contribution is 5.84. The number of hydrogen-bond acceptors (Lipinski definition) is 3. The van der Waals surface area contributed by atoms with Crippen LogP contribution in [0, 0.1) is 5.41 Å². The van der Waals surface area contributed by atoms with Crippen LogP contribution >= 0.6 is 0 Å². The number of carbonyl (C=O) groups is 1. The first kappa shape index (κ1) is 22.2. The van der Waals surface area contributed by atoms with Gasteiger partial charge in [-0.3, -0.25) is 9.79 Å². The third kappa shape index (κ3) is 6.51. The average Bonchev–Trinajstić information content (AvgIpc) is 3.16. The van der Waals surface area contributed by atoms with Crippen molar-refractivity contribution >= 4 is 11.9 Å². The second-order valence-electron chi connectivity index (χ2n) is 8.03. The molecule has 0 atom stereocenters. The molecule has 1 saturated carbocycles. The molecule has 0 unspecified atom stereocenters. The molecule has 1 amide bonds. The fourth-order valence-electron chi connectivity index (χ4n) is 3.88. The van der Waals surface area contributed by atoms with Gasteiger partial charge in [0.15, 0.2) is 5.96 Å². The Morgan fingerprint density at radius 1 is 1.11 bits per heavy atom. The molecule has 6 nitrogen and oxygen atoms in total. The zero-order valence-electron chi connectivity index (χ0n) is 18.0. The fourth-order valence-corrected chi connectivity index (χ4v) is 3.88. The first-order chi connectivity index (χ1) is 13.5. The maximum atomic E-state index is 12.7. The van der Waals surface area contributed by atoms with Crippen LogP contribution in [0.15, 0.2) is 35.3 Å². The van der Waals surface area contributed by atoms with Crippen molar-refractivity contribution in [2.75, 3.05) is 47.3 Å². The lowest BCUT2D eigenvalue weighted by molar-refractivity contribution is -0.138. The number of aliphatic imine (C=N–C) groups is 1. The number of guanidine groups is 1. The van der Waals surface area contributed by atoms with E-state index in [1.54, 1.807) is 4.90 Å². The minimum atomic E-state index is -0.323. The molecule has 1 aliphatic carbocycles. The second kappa shape index (κ2) is 11.1. The van der Waals surface area contributed by atoms with Crippen molar-refractivity contribution in [3.05, 3.63) is 35.9 Å². The first-order valence-electron chi connectivity index (χ1n) is 10.4. The highest BCUT2D eigenvalue weighted by Gasteiger charge is 2.42. The van der Waals surface area contributed by atoms with Gasteiger partial charge in [-0.25, -0.2) is 0 Å². The van der Waals surface area contributed by atoms with Crippen molar-refractivity contribution in [2.24, 2.45) is 10.4 Å². The van der Waals surface area contributed by atoms with Crippen LogP contribution in [0.25, 0.3) is 0 Å². The van der Waals surface area contributed by atoms with Crippen LogP contribution in [-0.4, -0.2) is 69.0 Å². The number of hydrogen-bond donors (Lipinski definition) is 2. The zero-order chi connectivity index (χ0) is 20.4. The molecule has 0 heterocycles. The predicted molar refractivity (Wildman–Crippen MR) is 116 cm³/mol. The Labute approximate surface area is 170 Å². The summed E-state index contributed by atoms with van der Waals surface area (Å²) in [6.45, 7) is 6.08. The summed E-state index contributed by atoms with van der Waals surface area (Å²) in [4.78, 5) is 21.5. The van der Waals surface area contributed by atoms with Crippen molar-refractivity contribution in [2.45, 2.75) is 39.2 Å². The number of amides is 1. The van der Waals surface area contributed by atoms with E-state index in [1.807, 2.05) is 20.2 Å². The van der Waals surface area contributed by atoms with Crippen LogP contribution in [0.2, 0.25) is 0 Å². The van der Waals surface area contributed by atoms with E-state index in [1.165, 1.54) is 5.56 Å². The predicted octanol–water partition coefficient (Wildman–Crippen LogP) is 2.32. The van der Waals surface area contributed by atoms with Gasteiger partial charge in [0.05, 0.1) is 12.0 Å². The lowest BCUT2D eigenvalue weighted by Gasteiger charge is -2.29. The van der Waals surface area contributed by atoms with Crippen LogP contribution in [-0.2, 0) is 11.3 Å². The Morgan fingerprint density at radius 3 is 2.39 bits per heavy atom. The second-order valence-corrected chi connectivity index (χ2v) is 8.03. The number of likely N-dealkylation sites (N-methyl/N-ethyl adjacent to an activating group) is 1. The van der Waals surface area contributed by atoms with Crippen molar-refractivity contribution < 1.29 is 4.79 Å². The number of rotatable bonds is 9. The highest BCUT2D eigenvalue weighted by Crippen LogP contribution is 2.39. The minimum absolute atomic E-state index is 0.215. The molecule has 6 heteroatoms. The van der Waals surface area contributed by atoms with Crippen molar-refractivity contribution in [1.29, 1.82) is 0 Å². The van der Waals surface area contributed by atoms with E-state index < -0.39 is 0 Å². The van der Waals surface area contributed by atoms with E-state index in [4.69, 9.17) is 4.99 Å². The molecule has 1 aromatic rings. The van der Waals surface area contributed by atoms with E-state index in [9.17, 15) is 4.79 Å². The number of benzene rings is 1. The molecule has 0 radical (unpaired) electrons. The summed E-state index contributed by atoms with van der Waals surface area (Å²) in [5.41, 5.74) is 0.992. The van der Waals surface area contributed by atoms with Crippen LogP contribution in [0.4, 0.5) is 0 Å². The lowest BCUT2D eigenvalue weighted by Crippen LogP contribution is -2.44. The van der Waals surface area contributed by atoms with Crippen molar-refractivity contribution in [1.82, 2.24) is 20.4 Å². The number of nitrogens with one attached hydrogen (secondary N) is 2. The largest absolute Gasteiger partial charge is 0.357 e. The molecular formula is C22H37N5O. The average molecular weight is 388 g/mol. The number of carbonyl (C=O) groups excluding carboxylic acids is 1. The van der Waals surface area contributed by atoms with E-state index >= 15 is 0 Å². The van der Waals surface area contributed by atoms with Gasteiger partial charge in [-0.15, -0.1) is 0 Å². The Morgan fingerprint density at radius 2 is 1.79 bits per heavy atom. The van der Waals surface area contributed by atoms with Gasteiger partial charge in [-0.05, 0) is 32.4 Å². The Bertz CT molecular complexity index is 623. The summed E-state index contributed by atoms with van der Waals surface area (Å²) in [5.74, 6) is 1.01. The molecule has 156 valence electrons. The third-order valence-corrected chi connectivity index (χ3v) is 5.39. The molecule has 0 aromatic heterocycles. The van der Waals surface area contributed by atoms with Crippen LogP contribution < -0.4 is 10.6 Å². The van der Waals surface area contributed by atoms with E-state index in [2.05, 4.69) is 53.8 Å². The summed E-state index contributed by atoms with van der Waals surface area (Å²) < 4.78 is 0. The van der Waals surface area contributed by atoms with Gasteiger partial charge < -0.3 is 20.4 Å². The van der Waals surface area contributed by atoms with Crippen LogP contribution in [0.3, 0.4) is 0 Å². The normalized spacial score (nSPS) is 16.2. The van der Waals surface area contributed by atoms with Gasteiger partial charge >= 0.3 is 0 Å². The van der Waals surface area contributed by atoms with Gasteiger partial charge in [-0.1, -0.05) is 43.2 Å². The summed E-state index contributed by atoms with van der Waals surface area (Å²) >= 11 is 0. The standard InChI is InChI=1S/C22H37N5O/c1-5-23-21(24-15-16-27(4)17-19-11-7-6-8-12-19)25-18-22(13-9-10-14-22)20(28)26(2)3/h6-8,11-12H,5,9-10,13-18H2,1-4H3,(H2,23,24,25). The van der Waals surface area contributed by atoms with Gasteiger partial charge in [-0.2, -0.15) is 0 Å². The Hall–Kier alpha value is -2.08. The maximum Gasteiger partial charge on any atom is 0.230 e. The van der Waals surface area contributed by atoms with Gasteiger partial charge in [0, 0.05) is 40.3 Å². The van der Waals surface area contributed by atoms with Gasteiger partial charge in [0.25, 0.3) is 0 Å². The molecule has 28 heavy (non-hydrogen) atoms. The van der Waals surface area contributed by atoms with E-state index in [0.29, 0.717) is 6.54 Å². The summed E-state index contributed by atoms with van der Waals surface area (Å²) in [7, 11) is 5.82. The molecule has 1 aliphatic rings. The molecule has 2 N–H and O–H groups in total. The topological polar surface area (TPSA) is 60.0 Å². The Kier molecular flexibility index (Phi) is 8.77. The van der Waals surface area contributed by atoms with E-state index in [-0.39, 0.29) is 11.3 Å². The summed E-state index contributed by atoms with van der Waals surface area (Å²) in [5, 5.41) is 6.73. The van der Waals surface area contributed by atoms with Gasteiger partial charge in [0.1, 0.15) is 0 Å². The monoisotopic (exact) mass is 387 g/mol. The minimum Gasteiger partial charge on any atom is -0.357 e. The number of nitrogens with zero attached hydrogens (tertiary/aromatic N) is 3. The van der Waals surface area contributed by atoms with Crippen LogP contribution in [0.1, 0.15) is 38.2 Å². The maximum absolute atomic E-state index is 12.7. The van der Waals surface area contributed by atoms with Crippen LogP contribution in [0.5, 0.6) is 0 Å². The lowest BCUT2D eigenvalue weighted by atomic mass is 9.85. The fraction of sp³-hybridized carbons (Fsp3) is 0.636. The zero-order valence-corrected chi connectivity index (χ0v) is 18.0. The third-order valence-electron chi connectivity index (χ3n) is 5.39. The van der Waals surface area contributed by atoms with Crippen molar-refractivity contribution in [3.63, 3.8) is 0 Å². The molecular weight excluding hydrogens is 350 g/mol. The smallest absolute Gasteiger partial charge is 0.230 e. The quantitative estimate of drug-likeness (QED) is 0.504. The van der Waals surface area contributed by atoms with E-state index in [0.717, 1.165) is 57.8 Å². The molecule has 0 saturated heterocycles. The molecule has 0 spiro atoms. The first-order valence-corrected chi connectivity index (χ1v) is 10.4. The molecule has 2 rings (SSSR count). The highest BCUT2D eigenvalue weighted by atomic mass is 16.2. The molecule has 0 aliphatic heterocycles. The summed E-state index contributed by atoms with van der Waals surface area (Å²) in [6, 6.07) is 10.5. The molecule has 1 fully saturated rings. The molecule has 0 bridgehead atoms. The summed E-state index contributed by atoms with van der Waals surface area (Å²) in [6.07, 6.45) is 4.10. The van der Waals surface area contributed by atoms with Gasteiger partial charge in [0.2, 0.25) is 5.91 Å². The molecule has 1 aromatic carbocycles. The Balaban J connectivity index is 1.88. The SMILES string of the molecule is CCNC(=NCC1(C(=O)N(C)C)CCCC1)NCCN(C)Cc1ccccc1. The van der Waals surface area contributed by atoms with Crippen molar-refractivity contribution in [3.8, 4) is 0 Å².